The van der Waals surface area contributed by atoms with E-state index >= 15 is 0 Å². The van der Waals surface area contributed by atoms with Crippen molar-refractivity contribution < 1.29 is 9.53 Å². The Bertz CT molecular complexity index is 570. The molecule has 0 aliphatic rings. The second-order valence-corrected chi connectivity index (χ2v) is 4.48. The number of carbonyl (C=O) groups excluding carboxylic acids is 1. The summed E-state index contributed by atoms with van der Waals surface area (Å²) < 4.78 is 4.97. The summed E-state index contributed by atoms with van der Waals surface area (Å²) >= 11 is 5.97. The fourth-order valence-corrected chi connectivity index (χ4v) is 1.87. The van der Waals surface area contributed by atoms with E-state index in [1.807, 2.05) is 6.07 Å². The summed E-state index contributed by atoms with van der Waals surface area (Å²) in [7, 11) is 1.55. The number of Topliss-reactive ketones (excluding diaryl/α,β-unsaturated/α-hetero) is 1. The SMILES string of the molecule is COc1ccc(CC(=O)Cc2ccncc2Cl)cn1. The van der Waals surface area contributed by atoms with Crippen molar-refractivity contribution >= 4 is 17.4 Å². The molecule has 0 aliphatic carbocycles. The summed E-state index contributed by atoms with van der Waals surface area (Å²) in [5.74, 6) is 0.619. The van der Waals surface area contributed by atoms with Gasteiger partial charge in [-0.2, -0.15) is 0 Å². The highest BCUT2D eigenvalue weighted by molar-refractivity contribution is 6.31. The molecule has 0 atom stereocenters. The van der Waals surface area contributed by atoms with E-state index in [9.17, 15) is 4.79 Å². The van der Waals surface area contributed by atoms with Crippen LogP contribution in [0.25, 0.3) is 0 Å². The average molecular weight is 277 g/mol. The number of ether oxygens (including phenoxy) is 1. The molecule has 2 rings (SSSR count). The van der Waals surface area contributed by atoms with Gasteiger partial charge in [0.05, 0.1) is 12.1 Å². The Kier molecular flexibility index (Phi) is 4.47. The van der Waals surface area contributed by atoms with E-state index in [0.717, 1.165) is 11.1 Å². The number of halogens is 1. The van der Waals surface area contributed by atoms with E-state index in [0.29, 0.717) is 23.7 Å². The van der Waals surface area contributed by atoms with Gasteiger partial charge in [0.25, 0.3) is 0 Å². The maximum absolute atomic E-state index is 12.0. The summed E-state index contributed by atoms with van der Waals surface area (Å²) in [6.07, 6.45) is 5.44. The third kappa shape index (κ3) is 3.76. The first kappa shape index (κ1) is 13.5. The Morgan fingerprint density at radius 1 is 1.26 bits per heavy atom. The maximum Gasteiger partial charge on any atom is 0.212 e. The van der Waals surface area contributed by atoms with Crippen LogP contribution in [0, 0.1) is 0 Å². The van der Waals surface area contributed by atoms with Gasteiger partial charge in [-0.3, -0.25) is 9.78 Å². The number of carbonyl (C=O) groups is 1. The molecule has 0 saturated carbocycles. The van der Waals surface area contributed by atoms with Crippen molar-refractivity contribution in [2.75, 3.05) is 7.11 Å². The molecule has 0 N–H and O–H groups in total. The first-order chi connectivity index (χ1) is 9.19. The molecule has 2 heterocycles. The molecule has 2 aromatic heterocycles. The monoisotopic (exact) mass is 276 g/mol. The molecule has 4 nitrogen and oxygen atoms in total. The summed E-state index contributed by atoms with van der Waals surface area (Å²) in [5, 5.41) is 0.517. The molecule has 0 aromatic carbocycles. The minimum Gasteiger partial charge on any atom is -0.481 e. The van der Waals surface area contributed by atoms with Crippen LogP contribution in [0.3, 0.4) is 0 Å². The molecule has 2 aromatic rings. The van der Waals surface area contributed by atoms with Crippen LogP contribution < -0.4 is 4.74 Å². The van der Waals surface area contributed by atoms with Gasteiger partial charge >= 0.3 is 0 Å². The molecule has 0 bridgehead atoms. The van der Waals surface area contributed by atoms with Crippen LogP contribution in [0.2, 0.25) is 5.02 Å². The number of hydrogen-bond acceptors (Lipinski definition) is 4. The maximum atomic E-state index is 12.0. The summed E-state index contributed by atoms with van der Waals surface area (Å²) in [5.41, 5.74) is 1.65. The molecule has 5 heteroatoms. The Balaban J connectivity index is 1.99. The second kappa shape index (κ2) is 6.29. The Hall–Kier alpha value is -1.94. The Labute approximate surface area is 116 Å². The highest BCUT2D eigenvalue weighted by Crippen LogP contribution is 2.15. The highest BCUT2D eigenvalue weighted by atomic mass is 35.5. The first-order valence-electron chi connectivity index (χ1n) is 5.78. The lowest BCUT2D eigenvalue weighted by molar-refractivity contribution is -0.117. The van der Waals surface area contributed by atoms with Gasteiger partial charge in [0.15, 0.2) is 0 Å². The van der Waals surface area contributed by atoms with Crippen LogP contribution >= 0.6 is 11.6 Å². The predicted octanol–water partition coefficient (Wildman–Crippen LogP) is 2.49. The van der Waals surface area contributed by atoms with Crippen molar-refractivity contribution in [3.63, 3.8) is 0 Å². The molecule has 19 heavy (non-hydrogen) atoms. The molecule has 0 spiro atoms. The van der Waals surface area contributed by atoms with Gasteiger partial charge in [0.1, 0.15) is 5.78 Å². The van der Waals surface area contributed by atoms with Crippen molar-refractivity contribution in [1.29, 1.82) is 0 Å². The lowest BCUT2D eigenvalue weighted by Gasteiger charge is -2.04. The smallest absolute Gasteiger partial charge is 0.212 e. The number of hydrogen-bond donors (Lipinski definition) is 0. The van der Waals surface area contributed by atoms with Crippen molar-refractivity contribution in [2.45, 2.75) is 12.8 Å². The fraction of sp³-hybridized carbons (Fsp3) is 0.214. The standard InChI is InChI=1S/C14H13ClN2O2/c1-19-14-3-2-10(8-17-14)6-12(18)7-11-4-5-16-9-13(11)15/h2-5,8-9H,6-7H2,1H3. The molecular weight excluding hydrogens is 264 g/mol. The second-order valence-electron chi connectivity index (χ2n) is 4.07. The first-order valence-corrected chi connectivity index (χ1v) is 6.16. The van der Waals surface area contributed by atoms with Crippen LogP contribution in [-0.4, -0.2) is 22.9 Å². The zero-order chi connectivity index (χ0) is 13.7. The molecule has 0 amide bonds. The topological polar surface area (TPSA) is 52.1 Å². The van der Waals surface area contributed by atoms with E-state index in [-0.39, 0.29) is 5.78 Å². The van der Waals surface area contributed by atoms with Gasteiger partial charge in [0, 0.05) is 37.5 Å². The van der Waals surface area contributed by atoms with Gasteiger partial charge < -0.3 is 4.74 Å². The van der Waals surface area contributed by atoms with Gasteiger partial charge in [-0.15, -0.1) is 0 Å². The summed E-state index contributed by atoms with van der Waals surface area (Å²) in [6, 6.07) is 5.33. The van der Waals surface area contributed by atoms with Crippen molar-refractivity contribution in [3.05, 3.63) is 52.9 Å². The highest BCUT2D eigenvalue weighted by Gasteiger charge is 2.08. The Morgan fingerprint density at radius 3 is 2.74 bits per heavy atom. The van der Waals surface area contributed by atoms with Crippen LogP contribution in [-0.2, 0) is 17.6 Å². The van der Waals surface area contributed by atoms with E-state index in [1.165, 1.54) is 0 Å². The minimum absolute atomic E-state index is 0.0834. The van der Waals surface area contributed by atoms with Crippen LogP contribution in [0.5, 0.6) is 5.88 Å². The zero-order valence-corrected chi connectivity index (χ0v) is 11.2. The number of aromatic nitrogens is 2. The third-order valence-electron chi connectivity index (χ3n) is 2.65. The molecule has 0 fully saturated rings. The molecule has 0 unspecified atom stereocenters. The van der Waals surface area contributed by atoms with Crippen molar-refractivity contribution in [1.82, 2.24) is 9.97 Å². The van der Waals surface area contributed by atoms with Gasteiger partial charge in [-0.25, -0.2) is 4.98 Å². The fourth-order valence-electron chi connectivity index (χ4n) is 1.69. The predicted molar refractivity (Wildman–Crippen MR) is 72.5 cm³/mol. The molecular formula is C14H13ClN2O2. The number of nitrogens with zero attached hydrogens (tertiary/aromatic N) is 2. The lowest BCUT2D eigenvalue weighted by atomic mass is 10.0. The minimum atomic E-state index is 0.0834. The lowest BCUT2D eigenvalue weighted by Crippen LogP contribution is -2.07. The van der Waals surface area contributed by atoms with Gasteiger partial charge in [-0.1, -0.05) is 17.7 Å². The zero-order valence-electron chi connectivity index (χ0n) is 10.5. The molecule has 0 saturated heterocycles. The van der Waals surface area contributed by atoms with Crippen LogP contribution in [0.4, 0.5) is 0 Å². The number of methoxy groups -OCH3 is 1. The number of ketones is 1. The number of pyridine rings is 2. The molecule has 98 valence electrons. The van der Waals surface area contributed by atoms with E-state index < -0.39 is 0 Å². The summed E-state index contributed by atoms with van der Waals surface area (Å²) in [6.45, 7) is 0. The third-order valence-corrected chi connectivity index (χ3v) is 2.99. The van der Waals surface area contributed by atoms with E-state index in [4.69, 9.17) is 16.3 Å². The van der Waals surface area contributed by atoms with Crippen LogP contribution in [0.1, 0.15) is 11.1 Å². The van der Waals surface area contributed by atoms with Gasteiger partial charge in [-0.05, 0) is 17.2 Å². The normalized spacial score (nSPS) is 10.2. The average Bonchev–Trinajstić information content (AvgIpc) is 2.42. The van der Waals surface area contributed by atoms with Crippen molar-refractivity contribution in [2.24, 2.45) is 0 Å². The number of rotatable bonds is 5. The Morgan fingerprint density at radius 2 is 2.11 bits per heavy atom. The van der Waals surface area contributed by atoms with Crippen molar-refractivity contribution in [3.8, 4) is 5.88 Å². The quantitative estimate of drug-likeness (QED) is 0.842. The summed E-state index contributed by atoms with van der Waals surface area (Å²) in [4.78, 5) is 19.9. The molecule has 0 aliphatic heterocycles. The van der Waals surface area contributed by atoms with Crippen LogP contribution in [0.15, 0.2) is 36.8 Å². The van der Waals surface area contributed by atoms with E-state index in [1.54, 1.807) is 37.8 Å². The van der Waals surface area contributed by atoms with E-state index in [2.05, 4.69) is 9.97 Å². The molecule has 0 radical (unpaired) electrons. The van der Waals surface area contributed by atoms with Gasteiger partial charge in [0.2, 0.25) is 5.88 Å². The largest absolute Gasteiger partial charge is 0.481 e.